The molecule has 0 amide bonds. The van der Waals surface area contributed by atoms with E-state index < -0.39 is 0 Å². The second-order valence-electron chi connectivity index (χ2n) is 4.37. The van der Waals surface area contributed by atoms with Crippen molar-refractivity contribution in [2.24, 2.45) is 0 Å². The predicted molar refractivity (Wildman–Crippen MR) is 67.6 cm³/mol. The molecule has 2 aliphatic heterocycles. The molecule has 0 aliphatic carbocycles. The first kappa shape index (κ1) is 9.52. The Kier molecular flexibility index (Phi) is 2.35. The first-order valence-corrected chi connectivity index (χ1v) is 6.44. The van der Waals surface area contributed by atoms with E-state index in [0.29, 0.717) is 0 Å². The fraction of sp³-hybridized carbons (Fsp3) is 0.500. The van der Waals surface area contributed by atoms with E-state index in [4.69, 9.17) is 0 Å². The van der Waals surface area contributed by atoms with Crippen molar-refractivity contribution in [2.45, 2.75) is 25.3 Å². The molecule has 0 aromatic heterocycles. The molecule has 0 bridgehead atoms. The maximum atomic E-state index is 3.53. The fourth-order valence-electron chi connectivity index (χ4n) is 2.73. The fourth-order valence-corrected chi connectivity index (χ4v) is 3.09. The van der Waals surface area contributed by atoms with Gasteiger partial charge in [-0.2, -0.15) is 0 Å². The largest absolute Gasteiger partial charge is 0.383 e. The minimum atomic E-state index is 0.764. The summed E-state index contributed by atoms with van der Waals surface area (Å²) in [5, 5.41) is 3.52. The van der Waals surface area contributed by atoms with Crippen molar-refractivity contribution in [1.29, 1.82) is 0 Å². The van der Waals surface area contributed by atoms with E-state index >= 15 is 0 Å². The van der Waals surface area contributed by atoms with Crippen molar-refractivity contribution in [3.63, 3.8) is 0 Å². The molecule has 2 nitrogen and oxygen atoms in total. The standard InChI is InChI=1S/C12H15BrN2/c13-9-3-4-12-11(8-9)14-6-5-10-2-1-7-15(10)12/h3-4,8,10,14H,1-2,5-7H2. The van der Waals surface area contributed by atoms with E-state index in [9.17, 15) is 0 Å². The number of nitrogens with zero attached hydrogens (tertiary/aromatic N) is 1. The highest BCUT2D eigenvalue weighted by Gasteiger charge is 2.28. The number of hydrogen-bond donors (Lipinski definition) is 1. The molecule has 1 saturated heterocycles. The summed E-state index contributed by atoms with van der Waals surface area (Å²) in [6, 6.07) is 7.33. The molecule has 1 aromatic rings. The summed E-state index contributed by atoms with van der Waals surface area (Å²) >= 11 is 3.53. The predicted octanol–water partition coefficient (Wildman–Crippen LogP) is 3.23. The van der Waals surface area contributed by atoms with Crippen LogP contribution in [-0.2, 0) is 0 Å². The molecule has 15 heavy (non-hydrogen) atoms. The quantitative estimate of drug-likeness (QED) is 0.776. The average molecular weight is 267 g/mol. The third-order valence-corrected chi connectivity index (χ3v) is 3.93. The Morgan fingerprint density at radius 3 is 3.20 bits per heavy atom. The van der Waals surface area contributed by atoms with E-state index in [-0.39, 0.29) is 0 Å². The van der Waals surface area contributed by atoms with Gasteiger partial charge in [-0.15, -0.1) is 0 Å². The highest BCUT2D eigenvalue weighted by Crippen LogP contribution is 2.37. The van der Waals surface area contributed by atoms with Gasteiger partial charge in [0.1, 0.15) is 0 Å². The number of benzene rings is 1. The van der Waals surface area contributed by atoms with Crippen molar-refractivity contribution in [3.05, 3.63) is 22.7 Å². The van der Waals surface area contributed by atoms with Gasteiger partial charge in [0.2, 0.25) is 0 Å². The van der Waals surface area contributed by atoms with Crippen LogP contribution >= 0.6 is 15.9 Å². The molecule has 1 unspecified atom stereocenters. The minimum absolute atomic E-state index is 0.764. The normalized spacial score (nSPS) is 24.1. The van der Waals surface area contributed by atoms with Crippen LogP contribution in [0, 0.1) is 0 Å². The van der Waals surface area contributed by atoms with Gasteiger partial charge in [-0.05, 0) is 37.5 Å². The SMILES string of the molecule is Brc1ccc2c(c1)NCCC1CCCN21. The number of halogens is 1. The minimum Gasteiger partial charge on any atom is -0.383 e. The highest BCUT2D eigenvalue weighted by molar-refractivity contribution is 9.10. The van der Waals surface area contributed by atoms with Crippen LogP contribution in [0.25, 0.3) is 0 Å². The summed E-state index contributed by atoms with van der Waals surface area (Å²) in [4.78, 5) is 2.57. The Morgan fingerprint density at radius 1 is 1.33 bits per heavy atom. The summed E-state index contributed by atoms with van der Waals surface area (Å²) in [7, 11) is 0. The summed E-state index contributed by atoms with van der Waals surface area (Å²) in [6.07, 6.45) is 3.98. The van der Waals surface area contributed by atoms with Gasteiger partial charge in [0.05, 0.1) is 11.4 Å². The third-order valence-electron chi connectivity index (χ3n) is 3.44. The van der Waals surface area contributed by atoms with Crippen LogP contribution in [0.2, 0.25) is 0 Å². The van der Waals surface area contributed by atoms with Gasteiger partial charge in [0.25, 0.3) is 0 Å². The first-order chi connectivity index (χ1) is 7.34. The lowest BCUT2D eigenvalue weighted by Gasteiger charge is -2.25. The lowest BCUT2D eigenvalue weighted by molar-refractivity contribution is 0.638. The molecule has 80 valence electrons. The molecule has 2 aliphatic rings. The Labute approximate surface area is 98.8 Å². The van der Waals surface area contributed by atoms with Crippen LogP contribution in [0.15, 0.2) is 22.7 Å². The summed E-state index contributed by atoms with van der Waals surface area (Å²) in [5.41, 5.74) is 2.67. The van der Waals surface area contributed by atoms with Crippen LogP contribution in [0.5, 0.6) is 0 Å². The first-order valence-electron chi connectivity index (χ1n) is 5.65. The molecule has 0 spiro atoms. The van der Waals surface area contributed by atoms with Crippen molar-refractivity contribution in [2.75, 3.05) is 23.3 Å². The molecule has 1 atom stereocenters. The average Bonchev–Trinajstić information content (AvgIpc) is 2.61. The molecule has 2 heterocycles. The number of nitrogens with one attached hydrogen (secondary N) is 1. The van der Waals surface area contributed by atoms with Gasteiger partial charge < -0.3 is 10.2 Å². The zero-order valence-electron chi connectivity index (χ0n) is 8.67. The zero-order valence-corrected chi connectivity index (χ0v) is 10.3. The Balaban J connectivity index is 2.05. The van der Waals surface area contributed by atoms with Gasteiger partial charge in [-0.3, -0.25) is 0 Å². The molecule has 1 aromatic carbocycles. The topological polar surface area (TPSA) is 15.3 Å². The zero-order chi connectivity index (χ0) is 10.3. The summed E-state index contributed by atoms with van der Waals surface area (Å²) in [5.74, 6) is 0. The molecule has 0 radical (unpaired) electrons. The molecular weight excluding hydrogens is 252 g/mol. The maximum absolute atomic E-state index is 3.53. The summed E-state index contributed by atoms with van der Waals surface area (Å²) in [6.45, 7) is 2.32. The molecule has 0 saturated carbocycles. The van der Waals surface area contributed by atoms with Crippen molar-refractivity contribution < 1.29 is 0 Å². The van der Waals surface area contributed by atoms with Crippen LogP contribution < -0.4 is 10.2 Å². The van der Waals surface area contributed by atoms with Gasteiger partial charge in [-0.25, -0.2) is 0 Å². The Morgan fingerprint density at radius 2 is 2.27 bits per heavy atom. The Bertz CT molecular complexity index is 378. The molecule has 1 N–H and O–H groups in total. The van der Waals surface area contributed by atoms with Gasteiger partial charge in [0.15, 0.2) is 0 Å². The van der Waals surface area contributed by atoms with Crippen molar-refractivity contribution in [1.82, 2.24) is 0 Å². The van der Waals surface area contributed by atoms with Crippen LogP contribution in [0.1, 0.15) is 19.3 Å². The maximum Gasteiger partial charge on any atom is 0.0605 e. The molecule has 3 heteroatoms. The lowest BCUT2D eigenvalue weighted by Crippen LogP contribution is -2.28. The smallest absolute Gasteiger partial charge is 0.0605 e. The number of hydrogen-bond acceptors (Lipinski definition) is 2. The van der Waals surface area contributed by atoms with Crippen LogP contribution in [0.3, 0.4) is 0 Å². The van der Waals surface area contributed by atoms with E-state index in [2.05, 4.69) is 44.3 Å². The summed E-state index contributed by atoms with van der Waals surface area (Å²) < 4.78 is 1.16. The Hall–Kier alpha value is -0.700. The number of rotatable bonds is 0. The second kappa shape index (κ2) is 3.71. The lowest BCUT2D eigenvalue weighted by atomic mass is 10.1. The van der Waals surface area contributed by atoms with E-state index in [0.717, 1.165) is 17.1 Å². The van der Waals surface area contributed by atoms with Gasteiger partial charge in [-0.1, -0.05) is 15.9 Å². The number of fused-ring (bicyclic) bond motifs is 3. The molecular formula is C12H15BrN2. The van der Waals surface area contributed by atoms with Crippen LogP contribution in [-0.4, -0.2) is 19.1 Å². The van der Waals surface area contributed by atoms with Crippen molar-refractivity contribution >= 4 is 27.3 Å². The highest BCUT2D eigenvalue weighted by atomic mass is 79.9. The second-order valence-corrected chi connectivity index (χ2v) is 5.28. The molecule has 3 rings (SSSR count). The van der Waals surface area contributed by atoms with E-state index in [1.165, 1.54) is 37.2 Å². The van der Waals surface area contributed by atoms with Crippen LogP contribution in [0.4, 0.5) is 11.4 Å². The van der Waals surface area contributed by atoms with Gasteiger partial charge in [0, 0.05) is 23.6 Å². The molecule has 1 fully saturated rings. The number of anilines is 2. The van der Waals surface area contributed by atoms with E-state index in [1.54, 1.807) is 0 Å². The monoisotopic (exact) mass is 266 g/mol. The third kappa shape index (κ3) is 1.63. The van der Waals surface area contributed by atoms with Gasteiger partial charge >= 0.3 is 0 Å². The van der Waals surface area contributed by atoms with Crippen molar-refractivity contribution in [3.8, 4) is 0 Å². The van der Waals surface area contributed by atoms with E-state index in [1.807, 2.05) is 0 Å².